The van der Waals surface area contributed by atoms with Crippen molar-refractivity contribution >= 4 is 11.7 Å². The fourth-order valence-electron chi connectivity index (χ4n) is 2.66. The Morgan fingerprint density at radius 3 is 2.74 bits per heavy atom. The molecule has 4 heteroatoms. The number of likely N-dealkylation sites (tertiary alicyclic amines) is 1. The Morgan fingerprint density at radius 2 is 2.16 bits per heavy atom. The molecule has 1 N–H and O–H groups in total. The molecule has 0 aromatic carbocycles. The Kier molecular flexibility index (Phi) is 4.08. The van der Waals surface area contributed by atoms with Gasteiger partial charge in [-0.05, 0) is 45.2 Å². The molecule has 2 rings (SSSR count). The Labute approximate surface area is 115 Å². The lowest BCUT2D eigenvalue weighted by atomic mass is 10.1. The summed E-state index contributed by atoms with van der Waals surface area (Å²) in [5.74, 6) is 1.39. The van der Waals surface area contributed by atoms with Gasteiger partial charge in [0, 0.05) is 18.6 Å². The summed E-state index contributed by atoms with van der Waals surface area (Å²) in [5.41, 5.74) is 0.534. The topological polar surface area (TPSA) is 45.2 Å². The molecule has 0 spiro atoms. The van der Waals surface area contributed by atoms with Crippen molar-refractivity contribution in [2.24, 2.45) is 5.92 Å². The molecule has 1 amide bonds. The van der Waals surface area contributed by atoms with Crippen LogP contribution < -0.4 is 5.32 Å². The molecule has 2 atom stereocenters. The molecule has 0 saturated carbocycles. The zero-order valence-corrected chi connectivity index (χ0v) is 12.2. The van der Waals surface area contributed by atoms with E-state index in [9.17, 15) is 4.79 Å². The molecule has 0 aliphatic carbocycles. The predicted molar refractivity (Wildman–Crippen MR) is 77.3 cm³/mol. The van der Waals surface area contributed by atoms with Gasteiger partial charge in [0.15, 0.2) is 0 Å². The molecular weight excluding hydrogens is 238 g/mol. The number of aromatic nitrogens is 1. The van der Waals surface area contributed by atoms with Crippen LogP contribution in [0.25, 0.3) is 0 Å². The molecule has 4 nitrogen and oxygen atoms in total. The fraction of sp³-hybridized carbons (Fsp3) is 0.600. The highest BCUT2D eigenvalue weighted by Crippen LogP contribution is 2.24. The molecule has 1 aliphatic rings. The van der Waals surface area contributed by atoms with Crippen molar-refractivity contribution in [3.05, 3.63) is 23.9 Å². The summed E-state index contributed by atoms with van der Waals surface area (Å²) < 4.78 is 0. The number of nitrogens with zero attached hydrogens (tertiary/aromatic N) is 2. The number of hydrogen-bond donors (Lipinski definition) is 1. The van der Waals surface area contributed by atoms with Crippen LogP contribution >= 0.6 is 0 Å². The van der Waals surface area contributed by atoms with E-state index in [1.807, 2.05) is 17.0 Å². The monoisotopic (exact) mass is 261 g/mol. The third-order valence-corrected chi connectivity index (χ3v) is 3.45. The molecular formula is C15H23N3O. The minimum Gasteiger partial charge on any atom is -0.368 e. The second-order valence-corrected chi connectivity index (χ2v) is 5.85. The van der Waals surface area contributed by atoms with Crippen LogP contribution in [-0.2, 0) is 0 Å². The van der Waals surface area contributed by atoms with Crippen molar-refractivity contribution in [1.29, 1.82) is 0 Å². The Bertz CT molecular complexity index is 458. The van der Waals surface area contributed by atoms with E-state index in [0.717, 1.165) is 18.8 Å². The molecule has 2 unspecified atom stereocenters. The normalized spacial score (nSPS) is 22.9. The van der Waals surface area contributed by atoms with Gasteiger partial charge < -0.3 is 10.2 Å². The van der Waals surface area contributed by atoms with E-state index in [1.54, 1.807) is 6.07 Å². The van der Waals surface area contributed by atoms with Crippen molar-refractivity contribution in [2.75, 3.05) is 11.9 Å². The van der Waals surface area contributed by atoms with Gasteiger partial charge in [-0.15, -0.1) is 0 Å². The lowest BCUT2D eigenvalue weighted by Gasteiger charge is -2.21. The van der Waals surface area contributed by atoms with Crippen LogP contribution in [0.1, 0.15) is 44.6 Å². The second-order valence-electron chi connectivity index (χ2n) is 5.85. The van der Waals surface area contributed by atoms with Crippen molar-refractivity contribution in [1.82, 2.24) is 9.88 Å². The van der Waals surface area contributed by atoms with E-state index in [0.29, 0.717) is 23.7 Å². The number of anilines is 1. The highest BCUT2D eigenvalue weighted by Gasteiger charge is 2.31. The van der Waals surface area contributed by atoms with Crippen molar-refractivity contribution < 1.29 is 4.79 Å². The number of rotatable bonds is 3. The smallest absolute Gasteiger partial charge is 0.272 e. The van der Waals surface area contributed by atoms with Gasteiger partial charge in [0.2, 0.25) is 0 Å². The third-order valence-electron chi connectivity index (χ3n) is 3.45. The fourth-order valence-corrected chi connectivity index (χ4v) is 2.66. The van der Waals surface area contributed by atoms with Crippen LogP contribution in [0.4, 0.5) is 5.82 Å². The van der Waals surface area contributed by atoms with E-state index in [4.69, 9.17) is 0 Å². The zero-order valence-electron chi connectivity index (χ0n) is 12.2. The molecule has 0 bridgehead atoms. The summed E-state index contributed by atoms with van der Waals surface area (Å²) in [4.78, 5) is 18.8. The summed E-state index contributed by atoms with van der Waals surface area (Å²) in [6.45, 7) is 9.25. The molecule has 2 heterocycles. The quantitative estimate of drug-likeness (QED) is 0.910. The van der Waals surface area contributed by atoms with Crippen LogP contribution in [0.2, 0.25) is 0 Å². The van der Waals surface area contributed by atoms with Crippen molar-refractivity contribution in [2.45, 2.75) is 46.2 Å². The maximum absolute atomic E-state index is 12.5. The van der Waals surface area contributed by atoms with Crippen LogP contribution in [0.5, 0.6) is 0 Å². The number of amides is 1. The van der Waals surface area contributed by atoms with Crippen LogP contribution in [0.3, 0.4) is 0 Å². The van der Waals surface area contributed by atoms with E-state index in [1.165, 1.54) is 0 Å². The SMILES string of the molecule is CC1CC(C)N(C(=O)c2cccc(NC(C)C)n2)C1. The molecule has 1 aromatic heterocycles. The highest BCUT2D eigenvalue weighted by molar-refractivity contribution is 5.93. The Balaban J connectivity index is 2.15. The maximum Gasteiger partial charge on any atom is 0.272 e. The van der Waals surface area contributed by atoms with E-state index >= 15 is 0 Å². The Hall–Kier alpha value is -1.58. The van der Waals surface area contributed by atoms with E-state index in [2.05, 4.69) is 38.0 Å². The number of pyridine rings is 1. The third kappa shape index (κ3) is 3.25. The predicted octanol–water partition coefficient (Wildman–Crippen LogP) is 2.77. The average molecular weight is 261 g/mol. The summed E-state index contributed by atoms with van der Waals surface area (Å²) >= 11 is 0. The largest absolute Gasteiger partial charge is 0.368 e. The van der Waals surface area contributed by atoms with Crippen LogP contribution in [-0.4, -0.2) is 34.4 Å². The van der Waals surface area contributed by atoms with Crippen LogP contribution in [0.15, 0.2) is 18.2 Å². The first kappa shape index (κ1) is 13.8. The summed E-state index contributed by atoms with van der Waals surface area (Å²) in [5, 5.41) is 3.23. The minimum atomic E-state index is 0.0456. The maximum atomic E-state index is 12.5. The standard InChI is InChI=1S/C15H23N3O/c1-10(2)16-14-7-5-6-13(17-14)15(19)18-9-11(3)8-12(18)4/h5-7,10-12H,8-9H2,1-4H3,(H,16,17). The summed E-state index contributed by atoms with van der Waals surface area (Å²) in [7, 11) is 0. The molecule has 1 saturated heterocycles. The van der Waals surface area contributed by atoms with Crippen molar-refractivity contribution in [3.63, 3.8) is 0 Å². The molecule has 1 aromatic rings. The average Bonchev–Trinajstić information content (AvgIpc) is 2.67. The molecule has 104 valence electrons. The van der Waals surface area contributed by atoms with Gasteiger partial charge in [-0.2, -0.15) is 0 Å². The van der Waals surface area contributed by atoms with Gasteiger partial charge in [0.1, 0.15) is 11.5 Å². The van der Waals surface area contributed by atoms with Gasteiger partial charge in [-0.3, -0.25) is 4.79 Å². The summed E-state index contributed by atoms with van der Waals surface area (Å²) in [6.07, 6.45) is 1.08. The minimum absolute atomic E-state index is 0.0456. The highest BCUT2D eigenvalue weighted by atomic mass is 16.2. The number of carbonyl (C=O) groups is 1. The molecule has 1 fully saturated rings. The number of hydrogen-bond acceptors (Lipinski definition) is 3. The van der Waals surface area contributed by atoms with E-state index in [-0.39, 0.29) is 5.91 Å². The van der Waals surface area contributed by atoms with Gasteiger partial charge in [-0.25, -0.2) is 4.98 Å². The first-order chi connectivity index (χ1) is 8.97. The number of nitrogens with one attached hydrogen (secondary N) is 1. The molecule has 0 radical (unpaired) electrons. The molecule has 19 heavy (non-hydrogen) atoms. The zero-order chi connectivity index (χ0) is 14.0. The second kappa shape index (κ2) is 5.59. The first-order valence-electron chi connectivity index (χ1n) is 7.02. The van der Waals surface area contributed by atoms with Gasteiger partial charge >= 0.3 is 0 Å². The van der Waals surface area contributed by atoms with Crippen molar-refractivity contribution in [3.8, 4) is 0 Å². The van der Waals surface area contributed by atoms with Gasteiger partial charge in [0.05, 0.1) is 0 Å². The lowest BCUT2D eigenvalue weighted by Crippen LogP contribution is -2.34. The van der Waals surface area contributed by atoms with Crippen LogP contribution in [0, 0.1) is 5.92 Å². The van der Waals surface area contributed by atoms with Gasteiger partial charge in [-0.1, -0.05) is 13.0 Å². The lowest BCUT2D eigenvalue weighted by molar-refractivity contribution is 0.0738. The first-order valence-corrected chi connectivity index (χ1v) is 7.02. The molecule has 1 aliphatic heterocycles. The van der Waals surface area contributed by atoms with E-state index < -0.39 is 0 Å². The Morgan fingerprint density at radius 1 is 1.42 bits per heavy atom. The number of carbonyl (C=O) groups excluding carboxylic acids is 1. The van der Waals surface area contributed by atoms with Gasteiger partial charge in [0.25, 0.3) is 5.91 Å². The summed E-state index contributed by atoms with van der Waals surface area (Å²) in [6, 6.07) is 6.19.